The number of halogens is 2. The first-order valence-electron chi connectivity index (χ1n) is 9.20. The van der Waals surface area contributed by atoms with Gasteiger partial charge in [-0.05, 0) is 30.5 Å². The van der Waals surface area contributed by atoms with Gasteiger partial charge in [0.1, 0.15) is 11.5 Å². The molecule has 0 unspecified atom stereocenters. The summed E-state index contributed by atoms with van der Waals surface area (Å²) in [6, 6.07) is 11.4. The number of thioether (sulfide) groups is 1. The molecule has 1 aliphatic rings. The highest BCUT2D eigenvalue weighted by atomic mass is 32.2. The zero-order valence-corrected chi connectivity index (χ0v) is 18.2. The number of aliphatic imine (C=N–C) groups is 2. The third-order valence-corrected chi connectivity index (χ3v) is 6.11. The molecule has 3 aromatic rings. The summed E-state index contributed by atoms with van der Waals surface area (Å²) in [7, 11) is 0. The Labute approximate surface area is 189 Å². The summed E-state index contributed by atoms with van der Waals surface area (Å²) < 4.78 is 27.1. The van der Waals surface area contributed by atoms with Crippen LogP contribution in [0.4, 0.5) is 14.6 Å². The molecule has 4 rings (SSSR count). The van der Waals surface area contributed by atoms with E-state index in [1.165, 1.54) is 28.2 Å². The van der Waals surface area contributed by atoms with Crippen LogP contribution in [-0.2, 0) is 4.79 Å². The number of carbonyl (C=O) groups excluding carboxylic acids is 2. The van der Waals surface area contributed by atoms with Crippen molar-refractivity contribution in [2.45, 2.75) is 17.6 Å². The Hall–Kier alpha value is -3.44. The molecule has 7 nitrogen and oxygen atoms in total. The van der Waals surface area contributed by atoms with E-state index in [9.17, 15) is 18.4 Å². The number of amides is 2. The molecule has 0 fully saturated rings. The van der Waals surface area contributed by atoms with E-state index in [-0.39, 0.29) is 39.6 Å². The van der Waals surface area contributed by atoms with E-state index in [2.05, 4.69) is 27.0 Å². The minimum Gasteiger partial charge on any atom is -0.306 e. The quantitative estimate of drug-likeness (QED) is 0.422. The smallest absolute Gasteiger partial charge is 0.288 e. The molecule has 0 saturated heterocycles. The van der Waals surface area contributed by atoms with Crippen LogP contribution in [0.2, 0.25) is 0 Å². The van der Waals surface area contributed by atoms with Crippen LogP contribution in [0.25, 0.3) is 10.6 Å². The number of nitrogens with one attached hydrogen (secondary N) is 1. The number of hydrogen-bond donors (Lipinski definition) is 1. The van der Waals surface area contributed by atoms with Crippen molar-refractivity contribution in [3.8, 4) is 10.6 Å². The predicted octanol–water partition coefficient (Wildman–Crippen LogP) is 4.94. The van der Waals surface area contributed by atoms with Crippen molar-refractivity contribution in [3.63, 3.8) is 0 Å². The molecule has 1 aliphatic heterocycles. The number of thiophene rings is 1. The van der Waals surface area contributed by atoms with Crippen molar-refractivity contribution in [1.82, 2.24) is 9.78 Å². The molecule has 3 heterocycles. The van der Waals surface area contributed by atoms with Crippen molar-refractivity contribution in [2.24, 2.45) is 9.98 Å². The molecule has 2 aromatic heterocycles. The summed E-state index contributed by atoms with van der Waals surface area (Å²) in [6.07, 6.45) is 0. The van der Waals surface area contributed by atoms with E-state index in [0.717, 1.165) is 4.88 Å². The fourth-order valence-corrected chi connectivity index (χ4v) is 4.17. The molecule has 0 aliphatic carbocycles. The van der Waals surface area contributed by atoms with Gasteiger partial charge in [0.15, 0.2) is 0 Å². The SMILES string of the molecule is C=C1C(=O)N=C(n2nc(-c3cccs3)cc2NC(=O)c2ccccc2SC(F)F)N=C1C. The largest absolute Gasteiger partial charge is 0.306 e. The highest BCUT2D eigenvalue weighted by Gasteiger charge is 2.24. The second kappa shape index (κ2) is 8.97. The van der Waals surface area contributed by atoms with Crippen LogP contribution in [0.1, 0.15) is 17.3 Å². The van der Waals surface area contributed by atoms with Crippen LogP contribution in [0.15, 0.2) is 74.9 Å². The molecule has 0 saturated carbocycles. The topological polar surface area (TPSA) is 88.7 Å². The van der Waals surface area contributed by atoms with Gasteiger partial charge >= 0.3 is 0 Å². The number of hydrogen-bond acceptors (Lipinski definition) is 6. The minimum atomic E-state index is -2.67. The van der Waals surface area contributed by atoms with Crippen molar-refractivity contribution >= 4 is 52.4 Å². The van der Waals surface area contributed by atoms with Gasteiger partial charge < -0.3 is 5.32 Å². The molecule has 1 aromatic carbocycles. The third-order valence-electron chi connectivity index (χ3n) is 4.43. The lowest BCUT2D eigenvalue weighted by atomic mass is 10.2. The Morgan fingerprint density at radius 1 is 1.22 bits per heavy atom. The number of nitrogens with zero attached hydrogens (tertiary/aromatic N) is 4. The fourth-order valence-electron chi connectivity index (χ4n) is 2.85. The number of anilines is 1. The summed E-state index contributed by atoms with van der Waals surface area (Å²) in [4.78, 5) is 34.3. The standard InChI is InChI=1S/C21H15F2N5O2S2/c1-11-12(2)24-21(26-18(11)29)28-17(10-14(27-28)16-8-5-9-31-16)25-19(30)13-6-3-4-7-15(13)32-20(22)23/h3-10,20H,1H2,2H3,(H,25,30). The molecular formula is C21H15F2N5O2S2. The van der Waals surface area contributed by atoms with Gasteiger partial charge in [-0.3, -0.25) is 9.59 Å². The highest BCUT2D eigenvalue weighted by molar-refractivity contribution is 7.99. The zero-order valence-electron chi connectivity index (χ0n) is 16.6. The average molecular weight is 472 g/mol. The Kier molecular flexibility index (Phi) is 6.10. The number of rotatable bonds is 5. The lowest BCUT2D eigenvalue weighted by molar-refractivity contribution is -0.113. The van der Waals surface area contributed by atoms with E-state index < -0.39 is 17.6 Å². The van der Waals surface area contributed by atoms with Gasteiger partial charge in [0.2, 0.25) is 0 Å². The first-order chi connectivity index (χ1) is 15.3. The maximum absolute atomic E-state index is 13.0. The van der Waals surface area contributed by atoms with Crippen LogP contribution in [0.3, 0.4) is 0 Å². The summed E-state index contributed by atoms with van der Waals surface area (Å²) in [6.45, 7) is 5.26. The van der Waals surface area contributed by atoms with E-state index in [1.54, 1.807) is 25.1 Å². The molecule has 0 spiro atoms. The average Bonchev–Trinajstić information content (AvgIpc) is 3.41. The van der Waals surface area contributed by atoms with Crippen molar-refractivity contribution in [1.29, 1.82) is 0 Å². The van der Waals surface area contributed by atoms with Crippen LogP contribution < -0.4 is 5.32 Å². The second-order valence-corrected chi connectivity index (χ2v) is 8.51. The van der Waals surface area contributed by atoms with E-state index >= 15 is 0 Å². The molecule has 2 amide bonds. The van der Waals surface area contributed by atoms with Gasteiger partial charge in [-0.25, -0.2) is 4.99 Å². The van der Waals surface area contributed by atoms with Gasteiger partial charge in [-0.15, -0.1) is 11.3 Å². The number of carbonyl (C=O) groups is 2. The maximum Gasteiger partial charge on any atom is 0.288 e. The number of alkyl halides is 2. The molecule has 0 bridgehead atoms. The highest BCUT2D eigenvalue weighted by Crippen LogP contribution is 2.30. The van der Waals surface area contributed by atoms with Gasteiger partial charge in [0.25, 0.3) is 23.5 Å². The Morgan fingerprint density at radius 2 is 2.00 bits per heavy atom. The minimum absolute atomic E-state index is 0.0340. The van der Waals surface area contributed by atoms with Gasteiger partial charge in [0.05, 0.1) is 21.7 Å². The van der Waals surface area contributed by atoms with Crippen LogP contribution in [0, 0.1) is 0 Å². The summed E-state index contributed by atoms with van der Waals surface area (Å²) in [5.74, 6) is -3.69. The first-order valence-corrected chi connectivity index (χ1v) is 11.0. The molecule has 11 heteroatoms. The van der Waals surface area contributed by atoms with Crippen LogP contribution in [-0.4, -0.2) is 39.0 Å². The van der Waals surface area contributed by atoms with E-state index in [0.29, 0.717) is 11.4 Å². The number of benzene rings is 1. The Balaban J connectivity index is 1.74. The fraction of sp³-hybridized carbons (Fsp3) is 0.0952. The normalized spacial score (nSPS) is 13.9. The predicted molar refractivity (Wildman–Crippen MR) is 122 cm³/mol. The third kappa shape index (κ3) is 4.43. The van der Waals surface area contributed by atoms with E-state index in [1.807, 2.05) is 17.5 Å². The summed E-state index contributed by atoms with van der Waals surface area (Å²) in [5.41, 5.74) is 1.16. The van der Waals surface area contributed by atoms with Crippen LogP contribution in [0.5, 0.6) is 0 Å². The molecular weight excluding hydrogens is 456 g/mol. The lowest BCUT2D eigenvalue weighted by Gasteiger charge is -2.13. The molecule has 162 valence electrons. The van der Waals surface area contributed by atoms with E-state index in [4.69, 9.17) is 0 Å². The van der Waals surface area contributed by atoms with Crippen molar-refractivity contribution < 1.29 is 18.4 Å². The van der Waals surface area contributed by atoms with Gasteiger partial charge in [0, 0.05) is 11.0 Å². The van der Waals surface area contributed by atoms with Crippen LogP contribution >= 0.6 is 23.1 Å². The molecule has 32 heavy (non-hydrogen) atoms. The first kappa shape index (κ1) is 21.8. The van der Waals surface area contributed by atoms with Gasteiger partial charge in [-0.2, -0.15) is 23.6 Å². The summed E-state index contributed by atoms with van der Waals surface area (Å²) in [5, 5.41) is 9.01. The zero-order chi connectivity index (χ0) is 22.8. The molecule has 0 radical (unpaired) electrons. The van der Waals surface area contributed by atoms with Crippen molar-refractivity contribution in [3.05, 3.63) is 65.6 Å². The monoisotopic (exact) mass is 471 g/mol. The van der Waals surface area contributed by atoms with Crippen molar-refractivity contribution in [2.75, 3.05) is 5.32 Å². The summed E-state index contributed by atoms with van der Waals surface area (Å²) >= 11 is 1.72. The van der Waals surface area contributed by atoms with Gasteiger partial charge in [-0.1, -0.05) is 36.5 Å². The lowest BCUT2D eigenvalue weighted by Crippen LogP contribution is -2.25. The Bertz CT molecular complexity index is 1280. The second-order valence-electron chi connectivity index (χ2n) is 6.53. The Morgan fingerprint density at radius 3 is 2.69 bits per heavy atom. The maximum atomic E-state index is 13.0. The number of aromatic nitrogens is 2. The molecule has 0 atom stereocenters. The molecule has 1 N–H and O–H groups in total.